The van der Waals surface area contributed by atoms with Crippen LogP contribution in [0.15, 0.2) is 42.9 Å². The first kappa shape index (κ1) is 15.9. The molecule has 2 aromatic heterocycles. The number of amides is 1. The Morgan fingerprint density at radius 3 is 2.88 bits per heavy atom. The Balaban J connectivity index is 1.46. The van der Waals surface area contributed by atoms with Crippen LogP contribution in [-0.4, -0.2) is 37.6 Å². The lowest BCUT2D eigenvalue weighted by atomic mass is 10.1. The summed E-state index contributed by atoms with van der Waals surface area (Å²) >= 11 is 0. The van der Waals surface area contributed by atoms with Gasteiger partial charge < -0.3 is 10.3 Å². The number of carbonyl (C=O) groups is 1. The maximum atomic E-state index is 12.1. The van der Waals surface area contributed by atoms with Crippen molar-refractivity contribution in [2.45, 2.75) is 19.8 Å². The Morgan fingerprint density at radius 1 is 1.29 bits per heavy atom. The summed E-state index contributed by atoms with van der Waals surface area (Å²) in [6, 6.07) is 9.79. The number of carbonyl (C=O) groups excluding carboxylic acids is 1. The molecule has 1 unspecified atom stereocenters. The van der Waals surface area contributed by atoms with Crippen LogP contribution in [0.3, 0.4) is 0 Å². The van der Waals surface area contributed by atoms with E-state index in [4.69, 9.17) is 0 Å². The average molecular weight is 324 g/mol. The van der Waals surface area contributed by atoms with E-state index in [1.807, 2.05) is 37.3 Å². The summed E-state index contributed by atoms with van der Waals surface area (Å²) in [5, 5.41) is 10.1. The smallest absolute Gasteiger partial charge is 0.223 e. The zero-order valence-electron chi connectivity index (χ0n) is 13.5. The molecule has 24 heavy (non-hydrogen) atoms. The zero-order chi connectivity index (χ0) is 16.8. The number of aromatic amines is 2. The number of hydrogen-bond acceptors (Lipinski definition) is 4. The van der Waals surface area contributed by atoms with Crippen molar-refractivity contribution >= 4 is 5.91 Å². The van der Waals surface area contributed by atoms with Crippen LogP contribution in [0.4, 0.5) is 0 Å². The molecule has 1 aromatic carbocycles. The molecule has 0 aliphatic heterocycles. The molecule has 0 bridgehead atoms. The summed E-state index contributed by atoms with van der Waals surface area (Å²) in [6.07, 6.45) is 4.62. The van der Waals surface area contributed by atoms with E-state index in [1.54, 1.807) is 12.5 Å². The van der Waals surface area contributed by atoms with Crippen molar-refractivity contribution < 1.29 is 4.79 Å². The van der Waals surface area contributed by atoms with E-state index in [1.165, 1.54) is 0 Å². The minimum atomic E-state index is -0.111. The monoisotopic (exact) mass is 324 g/mol. The highest BCUT2D eigenvalue weighted by atomic mass is 16.1. The summed E-state index contributed by atoms with van der Waals surface area (Å²) in [7, 11) is 0. The molecule has 0 fully saturated rings. The third-order valence-electron chi connectivity index (χ3n) is 3.75. The first-order valence-electron chi connectivity index (χ1n) is 7.94. The van der Waals surface area contributed by atoms with Crippen molar-refractivity contribution in [3.63, 3.8) is 0 Å². The molecule has 7 heteroatoms. The molecular weight excluding hydrogens is 304 g/mol. The number of nitrogens with one attached hydrogen (secondary N) is 3. The summed E-state index contributed by atoms with van der Waals surface area (Å²) in [5.74, 6) is 1.34. The highest BCUT2D eigenvalue weighted by Gasteiger charge is 2.14. The Hall–Kier alpha value is -2.96. The molecule has 0 radical (unpaired) electrons. The van der Waals surface area contributed by atoms with Gasteiger partial charge in [0, 0.05) is 42.8 Å². The second kappa shape index (κ2) is 7.54. The third kappa shape index (κ3) is 4.07. The molecule has 7 nitrogen and oxygen atoms in total. The quantitative estimate of drug-likeness (QED) is 0.616. The van der Waals surface area contributed by atoms with E-state index in [0.29, 0.717) is 25.2 Å². The maximum absolute atomic E-state index is 12.1. The van der Waals surface area contributed by atoms with Gasteiger partial charge in [0.1, 0.15) is 5.82 Å². The molecule has 1 atom stereocenters. The van der Waals surface area contributed by atoms with Crippen LogP contribution in [0.2, 0.25) is 0 Å². The fourth-order valence-electron chi connectivity index (χ4n) is 2.42. The van der Waals surface area contributed by atoms with Crippen molar-refractivity contribution in [2.24, 2.45) is 5.92 Å². The van der Waals surface area contributed by atoms with Crippen LogP contribution in [0, 0.1) is 5.92 Å². The standard InChI is InChI=1S/C17H20N6O/c1-12(9-14-10-18-11-20-14)17(24)19-8-7-15-21-16(23-22-15)13-5-3-2-4-6-13/h2-6,10-12H,7-9H2,1H3,(H,18,20)(H,19,24)(H,21,22,23). The Morgan fingerprint density at radius 2 is 2.12 bits per heavy atom. The number of H-pyrrole nitrogens is 2. The van der Waals surface area contributed by atoms with Crippen molar-refractivity contribution in [3.8, 4) is 11.4 Å². The summed E-state index contributed by atoms with van der Waals surface area (Å²) in [5.41, 5.74) is 1.93. The van der Waals surface area contributed by atoms with Gasteiger partial charge in [0.25, 0.3) is 0 Å². The van der Waals surface area contributed by atoms with Crippen molar-refractivity contribution in [1.82, 2.24) is 30.5 Å². The lowest BCUT2D eigenvalue weighted by molar-refractivity contribution is -0.124. The van der Waals surface area contributed by atoms with Gasteiger partial charge >= 0.3 is 0 Å². The SMILES string of the molecule is CC(Cc1cnc[nH]1)C(=O)NCCc1nc(-c2ccccc2)n[nH]1. The third-order valence-corrected chi connectivity index (χ3v) is 3.75. The Labute approximate surface area is 139 Å². The van der Waals surface area contributed by atoms with Gasteiger partial charge in [-0.1, -0.05) is 37.3 Å². The van der Waals surface area contributed by atoms with E-state index < -0.39 is 0 Å². The number of benzene rings is 1. The molecule has 0 spiro atoms. The molecule has 3 aromatic rings. The largest absolute Gasteiger partial charge is 0.355 e. The zero-order valence-corrected chi connectivity index (χ0v) is 13.5. The van der Waals surface area contributed by atoms with Gasteiger partial charge in [-0.3, -0.25) is 9.89 Å². The molecular formula is C17H20N6O. The van der Waals surface area contributed by atoms with Crippen LogP contribution in [-0.2, 0) is 17.6 Å². The van der Waals surface area contributed by atoms with Crippen LogP contribution in [0.1, 0.15) is 18.4 Å². The summed E-state index contributed by atoms with van der Waals surface area (Å²) in [4.78, 5) is 23.5. The average Bonchev–Trinajstić information content (AvgIpc) is 3.27. The lowest BCUT2D eigenvalue weighted by Crippen LogP contribution is -2.32. The minimum absolute atomic E-state index is 0.0207. The van der Waals surface area contributed by atoms with E-state index in [0.717, 1.165) is 17.1 Å². The van der Waals surface area contributed by atoms with Gasteiger partial charge in [0.15, 0.2) is 5.82 Å². The molecule has 124 valence electrons. The number of imidazole rings is 1. The molecule has 3 rings (SSSR count). The molecule has 0 saturated carbocycles. The van der Waals surface area contributed by atoms with Crippen molar-refractivity contribution in [3.05, 3.63) is 54.4 Å². The lowest BCUT2D eigenvalue weighted by Gasteiger charge is -2.10. The van der Waals surface area contributed by atoms with Gasteiger partial charge in [0.2, 0.25) is 5.91 Å². The van der Waals surface area contributed by atoms with Gasteiger partial charge in [-0.15, -0.1) is 0 Å². The van der Waals surface area contributed by atoms with Crippen LogP contribution >= 0.6 is 0 Å². The predicted octanol–water partition coefficient (Wildman–Crippen LogP) is 1.73. The molecule has 0 aliphatic carbocycles. The fourth-order valence-corrected chi connectivity index (χ4v) is 2.42. The second-order valence-corrected chi connectivity index (χ2v) is 5.69. The van der Waals surface area contributed by atoms with Gasteiger partial charge in [-0.2, -0.15) is 5.10 Å². The van der Waals surface area contributed by atoms with Crippen molar-refractivity contribution in [1.29, 1.82) is 0 Å². The molecule has 0 saturated heterocycles. The van der Waals surface area contributed by atoms with E-state index in [-0.39, 0.29) is 11.8 Å². The predicted molar refractivity (Wildman–Crippen MR) is 90.0 cm³/mol. The highest BCUT2D eigenvalue weighted by molar-refractivity contribution is 5.78. The molecule has 1 amide bonds. The van der Waals surface area contributed by atoms with Crippen LogP contribution in [0.25, 0.3) is 11.4 Å². The number of rotatable bonds is 7. The molecule has 2 heterocycles. The first-order chi connectivity index (χ1) is 11.7. The van der Waals surface area contributed by atoms with E-state index >= 15 is 0 Å². The van der Waals surface area contributed by atoms with Crippen LogP contribution < -0.4 is 5.32 Å². The number of aromatic nitrogens is 5. The summed E-state index contributed by atoms with van der Waals surface area (Å²) in [6.45, 7) is 2.42. The molecule has 0 aliphatic rings. The van der Waals surface area contributed by atoms with Gasteiger partial charge in [-0.25, -0.2) is 9.97 Å². The molecule has 3 N–H and O–H groups in total. The normalized spacial score (nSPS) is 12.0. The highest BCUT2D eigenvalue weighted by Crippen LogP contribution is 2.13. The maximum Gasteiger partial charge on any atom is 0.223 e. The van der Waals surface area contributed by atoms with Gasteiger partial charge in [-0.05, 0) is 0 Å². The number of nitrogens with zero attached hydrogens (tertiary/aromatic N) is 3. The summed E-state index contributed by atoms with van der Waals surface area (Å²) < 4.78 is 0. The topological polar surface area (TPSA) is 99.3 Å². The van der Waals surface area contributed by atoms with Gasteiger partial charge in [0.05, 0.1) is 6.33 Å². The first-order valence-corrected chi connectivity index (χ1v) is 7.94. The fraction of sp³-hybridized carbons (Fsp3) is 0.294. The van der Waals surface area contributed by atoms with Crippen molar-refractivity contribution in [2.75, 3.05) is 6.54 Å². The van der Waals surface area contributed by atoms with Crippen LogP contribution in [0.5, 0.6) is 0 Å². The Bertz CT molecular complexity index is 766. The second-order valence-electron chi connectivity index (χ2n) is 5.69. The number of hydrogen-bond donors (Lipinski definition) is 3. The minimum Gasteiger partial charge on any atom is -0.355 e. The van der Waals surface area contributed by atoms with E-state index in [9.17, 15) is 4.79 Å². The van der Waals surface area contributed by atoms with E-state index in [2.05, 4.69) is 30.5 Å². The Kier molecular flexibility index (Phi) is 5.00.